The maximum Gasteiger partial charge on any atom is 0.241 e. The van der Waals surface area contributed by atoms with Gasteiger partial charge in [-0.3, -0.25) is 14.6 Å². The van der Waals surface area contributed by atoms with Crippen LogP contribution in [0.25, 0.3) is 6.08 Å². The Bertz CT molecular complexity index is 886. The van der Waals surface area contributed by atoms with Crippen molar-refractivity contribution >= 4 is 17.7 Å². The molecular formula is C24H27FN4O. The molecule has 2 aromatic rings. The van der Waals surface area contributed by atoms with Gasteiger partial charge in [0.05, 0.1) is 24.7 Å². The highest BCUT2D eigenvalue weighted by molar-refractivity contribution is 5.95. The fraction of sp³-hybridized carbons (Fsp3) is 0.333. The van der Waals surface area contributed by atoms with Gasteiger partial charge in [-0.25, -0.2) is 4.39 Å². The summed E-state index contributed by atoms with van der Waals surface area (Å²) in [6.07, 6.45) is 4.46. The van der Waals surface area contributed by atoms with Crippen LogP contribution in [0.4, 0.5) is 10.1 Å². The van der Waals surface area contributed by atoms with Gasteiger partial charge in [-0.15, -0.1) is 0 Å². The van der Waals surface area contributed by atoms with Crippen LogP contribution in [0.5, 0.6) is 0 Å². The number of hydrogen-bond acceptors (Lipinski definition) is 4. The van der Waals surface area contributed by atoms with E-state index < -0.39 is 5.82 Å². The third kappa shape index (κ3) is 6.24. The Morgan fingerprint density at radius 1 is 1.03 bits per heavy atom. The Kier molecular flexibility index (Phi) is 8.13. The molecule has 0 aromatic heterocycles. The van der Waals surface area contributed by atoms with Crippen LogP contribution < -0.4 is 4.90 Å². The van der Waals surface area contributed by atoms with Crippen LogP contribution in [0.3, 0.4) is 0 Å². The molecule has 1 saturated heterocycles. The standard InChI is InChI=1S/C24H27FN4O/c25-22-11-4-5-12-23(22)29(15-7-13-26)24(30)20-28-18-16-27(17-19-28)14-6-10-21-8-2-1-3-9-21/h1-6,8-12H,7,14-20H2/b10-6+. The average Bonchev–Trinajstić information content (AvgIpc) is 2.77. The highest BCUT2D eigenvalue weighted by Gasteiger charge is 2.23. The number of anilines is 1. The number of hydrogen-bond donors (Lipinski definition) is 0. The molecule has 0 N–H and O–H groups in total. The summed E-state index contributed by atoms with van der Waals surface area (Å²) in [4.78, 5) is 18.7. The first kappa shape index (κ1) is 21.7. The van der Waals surface area contributed by atoms with Crippen LogP contribution in [0.15, 0.2) is 60.7 Å². The van der Waals surface area contributed by atoms with Crippen molar-refractivity contribution < 1.29 is 9.18 Å². The van der Waals surface area contributed by atoms with Gasteiger partial charge in [0, 0.05) is 39.3 Å². The molecule has 0 spiro atoms. The normalized spacial score (nSPS) is 15.2. The van der Waals surface area contributed by atoms with Gasteiger partial charge in [0.2, 0.25) is 5.91 Å². The zero-order valence-corrected chi connectivity index (χ0v) is 17.1. The van der Waals surface area contributed by atoms with Gasteiger partial charge >= 0.3 is 0 Å². The third-order valence-electron chi connectivity index (χ3n) is 5.19. The van der Waals surface area contributed by atoms with Crippen LogP contribution in [-0.2, 0) is 4.79 Å². The van der Waals surface area contributed by atoms with E-state index in [1.807, 2.05) is 24.3 Å². The average molecular weight is 407 g/mol. The highest BCUT2D eigenvalue weighted by Crippen LogP contribution is 2.19. The van der Waals surface area contributed by atoms with Gasteiger partial charge in [-0.05, 0) is 17.7 Å². The van der Waals surface area contributed by atoms with Gasteiger partial charge in [-0.1, -0.05) is 54.6 Å². The zero-order valence-electron chi connectivity index (χ0n) is 17.1. The zero-order chi connectivity index (χ0) is 21.2. The summed E-state index contributed by atoms with van der Waals surface area (Å²) in [6, 6.07) is 18.5. The molecule has 6 heteroatoms. The summed E-state index contributed by atoms with van der Waals surface area (Å²) in [7, 11) is 0. The number of rotatable bonds is 8. The molecule has 0 aliphatic carbocycles. The van der Waals surface area contributed by atoms with E-state index in [0.29, 0.717) is 0 Å². The van der Waals surface area contributed by atoms with Crippen LogP contribution in [0.1, 0.15) is 12.0 Å². The monoisotopic (exact) mass is 406 g/mol. The lowest BCUT2D eigenvalue weighted by Crippen LogP contribution is -2.50. The van der Waals surface area contributed by atoms with Gasteiger partial charge in [0.25, 0.3) is 0 Å². The second kappa shape index (κ2) is 11.2. The molecule has 0 unspecified atom stereocenters. The number of piperazine rings is 1. The predicted molar refractivity (Wildman–Crippen MR) is 117 cm³/mol. The lowest BCUT2D eigenvalue weighted by atomic mass is 10.2. The Balaban J connectivity index is 1.50. The van der Waals surface area contributed by atoms with Crippen LogP contribution in [-0.4, -0.2) is 61.5 Å². The summed E-state index contributed by atoms with van der Waals surface area (Å²) < 4.78 is 14.2. The lowest BCUT2D eigenvalue weighted by molar-refractivity contribution is -0.120. The number of nitriles is 1. The Labute approximate surface area is 177 Å². The van der Waals surface area contributed by atoms with Gasteiger partial charge in [0.1, 0.15) is 5.82 Å². The van der Waals surface area contributed by atoms with E-state index >= 15 is 0 Å². The number of carbonyl (C=O) groups is 1. The second-order valence-corrected chi connectivity index (χ2v) is 7.29. The molecule has 30 heavy (non-hydrogen) atoms. The molecule has 0 radical (unpaired) electrons. The van der Waals surface area contributed by atoms with Crippen molar-refractivity contribution in [1.82, 2.24) is 9.80 Å². The lowest BCUT2D eigenvalue weighted by Gasteiger charge is -2.35. The molecule has 1 fully saturated rings. The van der Waals surface area contributed by atoms with Crippen LogP contribution in [0, 0.1) is 17.1 Å². The van der Waals surface area contributed by atoms with E-state index in [-0.39, 0.29) is 31.1 Å². The summed E-state index contributed by atoms with van der Waals surface area (Å²) in [5.74, 6) is -0.619. The van der Waals surface area contributed by atoms with E-state index in [9.17, 15) is 9.18 Å². The maximum absolute atomic E-state index is 14.2. The summed E-state index contributed by atoms with van der Waals surface area (Å²) in [5.41, 5.74) is 1.43. The first-order valence-corrected chi connectivity index (χ1v) is 10.3. The van der Waals surface area contributed by atoms with Crippen molar-refractivity contribution in [2.75, 3.05) is 50.7 Å². The van der Waals surface area contributed by atoms with E-state index in [0.717, 1.165) is 32.7 Å². The van der Waals surface area contributed by atoms with Gasteiger partial charge in [-0.2, -0.15) is 5.26 Å². The number of amides is 1. The van der Waals surface area contributed by atoms with E-state index in [4.69, 9.17) is 5.26 Å². The van der Waals surface area contributed by atoms with Crippen molar-refractivity contribution in [3.05, 3.63) is 72.1 Å². The molecular weight excluding hydrogens is 379 g/mol. The van der Waals surface area contributed by atoms with Crippen LogP contribution >= 0.6 is 0 Å². The Hall–Kier alpha value is -3.01. The van der Waals surface area contributed by atoms with Crippen molar-refractivity contribution in [3.63, 3.8) is 0 Å². The number of nitrogens with zero attached hydrogens (tertiary/aromatic N) is 4. The molecule has 5 nitrogen and oxygen atoms in total. The summed E-state index contributed by atoms with van der Waals surface area (Å²) in [5, 5.41) is 8.90. The smallest absolute Gasteiger partial charge is 0.241 e. The molecule has 0 bridgehead atoms. The van der Waals surface area contributed by atoms with E-state index in [1.165, 1.54) is 16.5 Å². The van der Waals surface area contributed by atoms with Crippen LogP contribution in [0.2, 0.25) is 0 Å². The first-order chi connectivity index (χ1) is 14.7. The van der Waals surface area contributed by atoms with E-state index in [2.05, 4.69) is 34.1 Å². The molecule has 1 amide bonds. The fourth-order valence-corrected chi connectivity index (χ4v) is 3.52. The summed E-state index contributed by atoms with van der Waals surface area (Å²) in [6.45, 7) is 4.63. The molecule has 156 valence electrons. The minimum absolute atomic E-state index is 0.168. The molecule has 3 rings (SSSR count). The molecule has 1 aliphatic rings. The van der Waals surface area contributed by atoms with Crippen molar-refractivity contribution in [1.29, 1.82) is 5.26 Å². The van der Waals surface area contributed by atoms with Gasteiger partial charge < -0.3 is 4.90 Å². The summed E-state index contributed by atoms with van der Waals surface area (Å²) >= 11 is 0. The number of halogens is 1. The van der Waals surface area contributed by atoms with E-state index in [1.54, 1.807) is 18.2 Å². The molecule has 1 aliphatic heterocycles. The quantitative estimate of drug-likeness (QED) is 0.674. The second-order valence-electron chi connectivity index (χ2n) is 7.29. The first-order valence-electron chi connectivity index (χ1n) is 10.3. The number of para-hydroxylation sites is 1. The minimum atomic E-state index is -0.446. The topological polar surface area (TPSA) is 50.6 Å². The molecule has 0 saturated carbocycles. The molecule has 1 heterocycles. The highest BCUT2D eigenvalue weighted by atomic mass is 19.1. The molecule has 2 aromatic carbocycles. The van der Waals surface area contributed by atoms with Crippen molar-refractivity contribution in [3.8, 4) is 6.07 Å². The maximum atomic E-state index is 14.2. The molecule has 0 atom stereocenters. The van der Waals surface area contributed by atoms with Gasteiger partial charge in [0.15, 0.2) is 0 Å². The minimum Gasteiger partial charge on any atom is -0.308 e. The van der Waals surface area contributed by atoms with Crippen molar-refractivity contribution in [2.45, 2.75) is 6.42 Å². The number of carbonyl (C=O) groups excluding carboxylic acids is 1. The SMILES string of the molecule is N#CCCN(C(=O)CN1CCN(C/C=C/c2ccccc2)CC1)c1ccccc1F. The largest absolute Gasteiger partial charge is 0.308 e. The predicted octanol–water partition coefficient (Wildman–Crippen LogP) is 3.40. The van der Waals surface area contributed by atoms with Crippen molar-refractivity contribution in [2.24, 2.45) is 0 Å². The number of benzene rings is 2. The third-order valence-corrected chi connectivity index (χ3v) is 5.19. The Morgan fingerprint density at radius 2 is 1.70 bits per heavy atom. The fourth-order valence-electron chi connectivity index (χ4n) is 3.52. The Morgan fingerprint density at radius 3 is 2.40 bits per heavy atom.